The van der Waals surface area contributed by atoms with Crippen LogP contribution in [0.15, 0.2) is 0 Å². The van der Waals surface area contributed by atoms with E-state index in [4.69, 9.17) is 80.5 Å². The van der Waals surface area contributed by atoms with E-state index in [9.17, 15) is 107 Å². The molecule has 21 heterocycles. The third-order valence-corrected chi connectivity index (χ3v) is 16.3. The number of rotatable bonds is 16. The maximum absolute atomic E-state index is 12.2. The van der Waals surface area contributed by atoms with E-state index < -0.39 is 299 Å². The molecule has 0 amide bonds. The topological polar surface area (TPSA) is 582 Å². The number of ether oxygens (including phenoxy) is 17. The van der Waals surface area contributed by atoms with Crippen molar-refractivity contribution in [2.75, 3.05) is 66.1 Å². The molecule has 21 aliphatic heterocycles. The van der Waals surface area contributed by atoms with E-state index >= 15 is 0 Å². The van der Waals surface area contributed by atoms with Crippen LogP contribution in [0.5, 0.6) is 0 Å². The Labute approximate surface area is 507 Å². The molecule has 520 valence electrons. The molecule has 0 aromatic rings. The summed E-state index contributed by atoms with van der Waals surface area (Å²) in [5.74, 6) is 0. The predicted octanol–water partition coefficient (Wildman–Crippen LogP) is -14.0. The molecule has 0 spiro atoms. The Hall–Kier alpha value is -1.52. The van der Waals surface area contributed by atoms with Crippen LogP contribution in [0.1, 0.15) is 20.8 Å². The van der Waals surface area contributed by atoms with Gasteiger partial charge in [-0.05, 0) is 20.8 Å². The van der Waals surface area contributed by atoms with Crippen molar-refractivity contribution in [3.63, 3.8) is 0 Å². The molecular formula is C51H88O38. The van der Waals surface area contributed by atoms with Crippen LogP contribution < -0.4 is 0 Å². The van der Waals surface area contributed by atoms with Crippen molar-refractivity contribution in [3.05, 3.63) is 0 Å². The molecule has 21 saturated heterocycles. The summed E-state index contributed by atoms with van der Waals surface area (Å²) in [6.45, 7) is -5.18. The van der Waals surface area contributed by atoms with Crippen molar-refractivity contribution in [1.29, 1.82) is 0 Å². The molecule has 0 radical (unpaired) electrons. The highest BCUT2D eigenvalue weighted by Gasteiger charge is 2.60. The maximum Gasteiger partial charge on any atom is 0.187 e. The Bertz CT molecular complexity index is 2090. The second-order valence-corrected chi connectivity index (χ2v) is 23.1. The van der Waals surface area contributed by atoms with Crippen LogP contribution >= 0.6 is 0 Å². The Kier molecular flexibility index (Phi) is 26.7. The molecule has 38 atom stereocenters. The van der Waals surface area contributed by atoms with Crippen LogP contribution in [-0.2, 0) is 80.5 Å². The van der Waals surface area contributed by atoms with Gasteiger partial charge in [0.05, 0.1) is 84.4 Å². The van der Waals surface area contributed by atoms with Gasteiger partial charge in [-0.25, -0.2) is 0 Å². The lowest BCUT2D eigenvalue weighted by molar-refractivity contribution is -0.400. The van der Waals surface area contributed by atoms with Gasteiger partial charge in [0.15, 0.2) is 44.0 Å². The molecule has 21 fully saturated rings. The molecule has 38 nitrogen and oxygen atoms in total. The van der Waals surface area contributed by atoms with Crippen LogP contribution in [0.3, 0.4) is 0 Å². The third-order valence-electron chi connectivity index (χ3n) is 16.3. The first kappa shape index (κ1) is 73.3. The summed E-state index contributed by atoms with van der Waals surface area (Å²) < 4.78 is 101. The average molecular weight is 1310 g/mol. The maximum atomic E-state index is 12.2. The first-order chi connectivity index (χ1) is 42.3. The SMILES string of the molecule is CC(O)COC1[C@@H]2OC(CO)[C@@H](O[C@@H]3OC(CO)[C@@H](O[C@H]4OC(CO)[C@@H](O[C@H]5OC(CO)[C@@H](O[C@H]6OC(CO)[C@@H](O[C@H]7OC(CO)[C@@H](O[C@H]8OC(CO)[C@@H](O2)[C@H](O)C8O)[C@H](O)C7O)[C@H](O)C6O)[C@H](O)C5OCC(C)O)[C@H](O)C4OCC(C)O)[C@H](O)C3O)[C@@H]1O. The van der Waals surface area contributed by atoms with Crippen molar-refractivity contribution in [1.82, 2.24) is 0 Å². The van der Waals surface area contributed by atoms with Gasteiger partial charge < -0.3 is 188 Å². The molecule has 21 aliphatic rings. The lowest BCUT2D eigenvalue weighted by Crippen LogP contribution is -2.69. The summed E-state index contributed by atoms with van der Waals surface area (Å²) >= 11 is 0. The Morgan fingerprint density at radius 2 is 0.393 bits per heavy atom. The zero-order valence-electron chi connectivity index (χ0n) is 48.3. The van der Waals surface area contributed by atoms with E-state index in [1.807, 2.05) is 0 Å². The summed E-state index contributed by atoms with van der Waals surface area (Å²) in [5.41, 5.74) is 0. The molecule has 21 rings (SSSR count). The smallest absolute Gasteiger partial charge is 0.187 e. The summed E-state index contributed by atoms with van der Waals surface area (Å²) in [7, 11) is 0. The van der Waals surface area contributed by atoms with Crippen molar-refractivity contribution in [2.24, 2.45) is 0 Å². The molecule has 0 aromatic heterocycles. The Morgan fingerprint density at radius 1 is 0.236 bits per heavy atom. The summed E-state index contributed by atoms with van der Waals surface area (Å²) in [6.07, 6.45) is -72.4. The molecule has 38 heteroatoms. The van der Waals surface area contributed by atoms with Gasteiger partial charge in [0.25, 0.3) is 0 Å². The van der Waals surface area contributed by atoms with Gasteiger partial charge in [-0.15, -0.1) is 0 Å². The van der Waals surface area contributed by atoms with Crippen LogP contribution in [0.2, 0.25) is 0 Å². The molecule has 17 unspecified atom stereocenters. The highest BCUT2D eigenvalue weighted by Crippen LogP contribution is 2.40. The molecule has 0 aliphatic carbocycles. The first-order valence-electron chi connectivity index (χ1n) is 29.1. The first-order valence-corrected chi connectivity index (χ1v) is 29.1. The summed E-state index contributed by atoms with van der Waals surface area (Å²) in [5, 5.41) is 234. The number of hydrogen-bond acceptors (Lipinski definition) is 38. The molecule has 0 aromatic carbocycles. The minimum atomic E-state index is -2.23. The largest absolute Gasteiger partial charge is 0.394 e. The zero-order valence-corrected chi connectivity index (χ0v) is 48.3. The number of aliphatic hydroxyl groups is 21. The standard InChI is InChI=1S/C51H88O38/c1-14(59)11-73-42-32(70)39-21(8-56)80-49(42)87-37-19(6-54)78-46(30(68)26(37)64)84-35-17(4-52)76-45(28(66)24(35)62)83-36-18(5-53)77-47(29(67)25(36)63)85-40-22(9-57)81-51(43(33(40)71)74-12-15(2)60)89-41-23(10-58)82-50(44(34(41)72)75-13-16(3)61)88-38-20(7-55)79-48(86-39)31(69)27(38)65/h14-72H,4-13H2,1-3H3/t14?,15?,16?,17?,18?,19?,20?,21?,22?,23?,24-,25-,26-,27-,28?,29?,30?,31?,32+,33+,34+,35-,36-,37-,38-,39-,40-,41-,42?,43?,44?,45-,46-,47-,48+,49-,50-,51-/m1/s1. The van der Waals surface area contributed by atoms with Crippen LogP contribution in [-0.4, -0.2) is 407 Å². The molecule has 0 saturated carbocycles. The zero-order chi connectivity index (χ0) is 65.0. The highest BCUT2D eigenvalue weighted by atomic mass is 16.8. The molecule has 21 N–H and O–H groups in total. The van der Waals surface area contributed by atoms with E-state index in [1.165, 1.54) is 20.8 Å². The monoisotopic (exact) mass is 1310 g/mol. The summed E-state index contributed by atoms with van der Waals surface area (Å²) in [6, 6.07) is 0. The van der Waals surface area contributed by atoms with Gasteiger partial charge in [-0.3, -0.25) is 0 Å². The van der Waals surface area contributed by atoms with Crippen molar-refractivity contribution < 1.29 is 188 Å². The molecule has 14 bridgehead atoms. The average Bonchev–Trinajstić information content (AvgIpc) is 0.998. The normalized spacial score (nSPS) is 50.6. The van der Waals surface area contributed by atoms with Crippen molar-refractivity contribution >= 4 is 0 Å². The lowest BCUT2D eigenvalue weighted by atomic mass is 9.95. The minimum absolute atomic E-state index is 0.573. The van der Waals surface area contributed by atoms with Crippen LogP contribution in [0, 0.1) is 0 Å². The summed E-state index contributed by atoms with van der Waals surface area (Å²) in [4.78, 5) is 0. The van der Waals surface area contributed by atoms with Gasteiger partial charge in [-0.2, -0.15) is 0 Å². The highest BCUT2D eigenvalue weighted by molar-refractivity contribution is 5.02. The minimum Gasteiger partial charge on any atom is -0.394 e. The second kappa shape index (κ2) is 32.5. The predicted molar refractivity (Wildman–Crippen MR) is 275 cm³/mol. The van der Waals surface area contributed by atoms with E-state index in [2.05, 4.69) is 0 Å². The quantitative estimate of drug-likeness (QED) is 0.0682. The fraction of sp³-hybridized carbons (Fsp3) is 1.00. The van der Waals surface area contributed by atoms with E-state index in [-0.39, 0.29) is 0 Å². The van der Waals surface area contributed by atoms with Crippen LogP contribution in [0.4, 0.5) is 0 Å². The van der Waals surface area contributed by atoms with E-state index in [1.54, 1.807) is 0 Å². The Morgan fingerprint density at radius 3 is 0.562 bits per heavy atom. The lowest BCUT2D eigenvalue weighted by Gasteiger charge is -2.51. The van der Waals surface area contributed by atoms with Gasteiger partial charge in [0.1, 0.15) is 171 Å². The fourth-order valence-electron chi connectivity index (χ4n) is 11.7. The van der Waals surface area contributed by atoms with Gasteiger partial charge in [0.2, 0.25) is 0 Å². The van der Waals surface area contributed by atoms with E-state index in [0.717, 1.165) is 0 Å². The molecular weight excluding hydrogens is 1220 g/mol. The van der Waals surface area contributed by atoms with Crippen molar-refractivity contribution in [3.8, 4) is 0 Å². The van der Waals surface area contributed by atoms with Crippen molar-refractivity contribution in [2.45, 2.75) is 254 Å². The second-order valence-electron chi connectivity index (χ2n) is 23.1. The number of hydrogen-bond donors (Lipinski definition) is 21. The van der Waals surface area contributed by atoms with Gasteiger partial charge >= 0.3 is 0 Å². The Balaban J connectivity index is 1.15. The fourth-order valence-corrected chi connectivity index (χ4v) is 11.7. The third kappa shape index (κ3) is 16.2. The van der Waals surface area contributed by atoms with Gasteiger partial charge in [-0.1, -0.05) is 0 Å². The van der Waals surface area contributed by atoms with E-state index in [0.29, 0.717) is 0 Å². The molecule has 89 heavy (non-hydrogen) atoms. The number of aliphatic hydroxyl groups excluding tert-OH is 21. The van der Waals surface area contributed by atoms with Crippen LogP contribution in [0.25, 0.3) is 0 Å². The van der Waals surface area contributed by atoms with Gasteiger partial charge in [0, 0.05) is 0 Å².